The third kappa shape index (κ3) is 6.02. The monoisotopic (exact) mass is 553 g/mol. The number of carbonyl (C=O) groups excluding carboxylic acids is 1. The van der Waals surface area contributed by atoms with Gasteiger partial charge in [-0.15, -0.1) is 24.5 Å². The lowest BCUT2D eigenvalue weighted by Crippen LogP contribution is -2.22. The molecule has 12 heteroatoms. The summed E-state index contributed by atoms with van der Waals surface area (Å²) in [4.78, 5) is 15.2. The number of anilines is 3. The minimum atomic E-state index is -4.96. The predicted molar refractivity (Wildman–Crippen MR) is 138 cm³/mol. The molecule has 198 valence electrons. The fourth-order valence-corrected chi connectivity index (χ4v) is 6.49. The molecule has 1 aliphatic heterocycles. The Balaban J connectivity index is 1.58. The van der Waals surface area contributed by atoms with Gasteiger partial charge in [-0.1, -0.05) is 12.1 Å². The summed E-state index contributed by atoms with van der Waals surface area (Å²) in [6.45, 7) is 7.79. The van der Waals surface area contributed by atoms with Gasteiger partial charge in [0.15, 0.2) is 0 Å². The van der Waals surface area contributed by atoms with Gasteiger partial charge >= 0.3 is 6.36 Å². The Labute approximate surface area is 217 Å². The number of hydrogen-bond acceptors (Lipinski definition) is 6. The van der Waals surface area contributed by atoms with Crippen molar-refractivity contribution in [2.45, 2.75) is 44.9 Å². The van der Waals surface area contributed by atoms with Crippen molar-refractivity contribution in [3.8, 4) is 5.75 Å². The van der Waals surface area contributed by atoms with Crippen LogP contribution in [0.3, 0.4) is 0 Å². The number of rotatable bonds is 7. The maximum absolute atomic E-state index is 13.3. The van der Waals surface area contributed by atoms with Crippen LogP contribution in [0.4, 0.5) is 30.2 Å². The summed E-state index contributed by atoms with van der Waals surface area (Å²) in [7, 11) is -4.31. The molecular formula is C25H26F3N3O4S2. The topological polar surface area (TPSA) is 87.7 Å². The Kier molecular flexibility index (Phi) is 7.43. The van der Waals surface area contributed by atoms with E-state index in [1.807, 2.05) is 26.8 Å². The van der Waals surface area contributed by atoms with Gasteiger partial charge in [0.05, 0.1) is 10.6 Å². The van der Waals surface area contributed by atoms with Gasteiger partial charge in [0.2, 0.25) is 0 Å². The van der Waals surface area contributed by atoms with E-state index in [0.29, 0.717) is 5.69 Å². The molecule has 1 amide bonds. The maximum atomic E-state index is 13.3. The molecule has 1 aliphatic rings. The molecule has 7 nitrogen and oxygen atoms in total. The second kappa shape index (κ2) is 10.3. The molecule has 0 unspecified atom stereocenters. The number of halogens is 3. The number of thiophene rings is 1. The lowest BCUT2D eigenvalue weighted by Gasteiger charge is -2.26. The van der Waals surface area contributed by atoms with Gasteiger partial charge in [-0.05, 0) is 73.9 Å². The molecule has 0 bridgehead atoms. The number of hydrogen-bond donors (Lipinski definition) is 2. The number of alkyl halides is 3. The lowest BCUT2D eigenvalue weighted by molar-refractivity contribution is -0.274. The van der Waals surface area contributed by atoms with Crippen LogP contribution in [-0.2, 0) is 10.0 Å². The highest BCUT2D eigenvalue weighted by Gasteiger charge is 2.32. The molecule has 37 heavy (non-hydrogen) atoms. The minimum Gasteiger partial charge on any atom is -0.406 e. The van der Waals surface area contributed by atoms with E-state index in [4.69, 9.17) is 0 Å². The van der Waals surface area contributed by atoms with Crippen LogP contribution in [0.15, 0.2) is 46.7 Å². The average molecular weight is 554 g/mol. The fraction of sp³-hybridized carbons (Fsp3) is 0.320. The Morgan fingerprint density at radius 3 is 2.43 bits per heavy atom. The summed E-state index contributed by atoms with van der Waals surface area (Å²) in [6, 6.07) is 7.48. The van der Waals surface area contributed by atoms with E-state index in [2.05, 4.69) is 19.7 Å². The number of amides is 1. The first-order chi connectivity index (χ1) is 17.4. The zero-order chi connectivity index (χ0) is 27.0. The standard InChI is InChI=1S/C25H26F3N3O4S2/c1-15-13-16(2)22(31-10-4-5-11-31)17(3)21(15)29-24(32)23-20(9-12-36-23)30-37(33,34)19-8-6-7-18(14-19)35-25(26,27)28/h6-9,12-14,30H,4-5,10-11H2,1-3H3,(H,29,32). The molecule has 3 aromatic rings. The molecule has 0 spiro atoms. The first kappa shape index (κ1) is 26.8. The van der Waals surface area contributed by atoms with Crippen LogP contribution in [0.1, 0.15) is 39.2 Å². The Morgan fingerprint density at radius 2 is 1.76 bits per heavy atom. The van der Waals surface area contributed by atoms with Crippen molar-refractivity contribution < 1.29 is 31.1 Å². The highest BCUT2D eigenvalue weighted by Crippen LogP contribution is 2.36. The molecule has 0 radical (unpaired) electrons. The summed E-state index contributed by atoms with van der Waals surface area (Å²) < 4.78 is 69.6. The van der Waals surface area contributed by atoms with Gasteiger partial charge in [-0.3, -0.25) is 9.52 Å². The molecule has 0 saturated carbocycles. The van der Waals surface area contributed by atoms with E-state index in [1.54, 1.807) is 5.38 Å². The molecule has 2 aromatic carbocycles. The predicted octanol–water partition coefficient (Wildman–Crippen LogP) is 6.23. The molecule has 0 aliphatic carbocycles. The van der Waals surface area contributed by atoms with Crippen molar-refractivity contribution in [3.63, 3.8) is 0 Å². The van der Waals surface area contributed by atoms with Crippen molar-refractivity contribution in [2.75, 3.05) is 28.0 Å². The largest absolute Gasteiger partial charge is 0.573 e. The Morgan fingerprint density at radius 1 is 1.05 bits per heavy atom. The van der Waals surface area contributed by atoms with Crippen molar-refractivity contribution in [3.05, 3.63) is 63.3 Å². The second-order valence-corrected chi connectivity index (χ2v) is 11.4. The third-order valence-corrected chi connectivity index (χ3v) is 8.33. The number of sulfonamides is 1. The third-order valence-electron chi connectivity index (χ3n) is 6.06. The van der Waals surface area contributed by atoms with Gasteiger partial charge in [0.25, 0.3) is 15.9 Å². The van der Waals surface area contributed by atoms with Crippen LogP contribution in [0.25, 0.3) is 0 Å². The number of carbonyl (C=O) groups is 1. The van der Waals surface area contributed by atoms with Gasteiger partial charge in [-0.2, -0.15) is 0 Å². The fourth-order valence-electron chi connectivity index (χ4n) is 4.57. The van der Waals surface area contributed by atoms with E-state index >= 15 is 0 Å². The van der Waals surface area contributed by atoms with Crippen LogP contribution in [-0.4, -0.2) is 33.8 Å². The second-order valence-electron chi connectivity index (χ2n) is 8.80. The molecular weight excluding hydrogens is 527 g/mol. The summed E-state index contributed by atoms with van der Waals surface area (Å²) in [5.41, 5.74) is 4.71. The smallest absolute Gasteiger partial charge is 0.406 e. The number of ether oxygens (including phenoxy) is 1. The summed E-state index contributed by atoms with van der Waals surface area (Å²) in [5.74, 6) is -1.16. The van der Waals surface area contributed by atoms with Gasteiger partial charge in [0, 0.05) is 30.5 Å². The van der Waals surface area contributed by atoms with E-state index in [1.165, 1.54) is 6.07 Å². The first-order valence-corrected chi connectivity index (χ1v) is 13.9. The Hall–Kier alpha value is -3.25. The summed E-state index contributed by atoms with van der Waals surface area (Å²) in [6.07, 6.45) is -2.74. The SMILES string of the molecule is Cc1cc(C)c(N2CCCC2)c(C)c1NC(=O)c1sccc1NS(=O)(=O)c1cccc(OC(F)(F)F)c1. The van der Waals surface area contributed by atoms with Crippen LogP contribution in [0.5, 0.6) is 5.75 Å². The van der Waals surface area contributed by atoms with E-state index < -0.39 is 32.9 Å². The number of benzene rings is 2. The maximum Gasteiger partial charge on any atom is 0.573 e. The average Bonchev–Trinajstić information content (AvgIpc) is 3.48. The molecule has 1 saturated heterocycles. The Bertz CT molecular complexity index is 1430. The quantitative estimate of drug-likeness (QED) is 0.363. The van der Waals surface area contributed by atoms with Crippen LogP contribution in [0.2, 0.25) is 0 Å². The zero-order valence-electron chi connectivity index (χ0n) is 20.4. The van der Waals surface area contributed by atoms with Gasteiger partial charge < -0.3 is 15.0 Å². The van der Waals surface area contributed by atoms with E-state index in [9.17, 15) is 26.4 Å². The molecule has 0 atom stereocenters. The zero-order valence-corrected chi connectivity index (χ0v) is 22.0. The van der Waals surface area contributed by atoms with E-state index in [-0.39, 0.29) is 10.6 Å². The number of nitrogens with zero attached hydrogens (tertiary/aromatic N) is 1. The highest BCUT2D eigenvalue weighted by atomic mass is 32.2. The van der Waals surface area contributed by atoms with Gasteiger partial charge in [-0.25, -0.2) is 8.42 Å². The molecule has 2 N–H and O–H groups in total. The van der Waals surface area contributed by atoms with Crippen molar-refractivity contribution in [1.82, 2.24) is 0 Å². The van der Waals surface area contributed by atoms with Gasteiger partial charge in [0.1, 0.15) is 10.6 Å². The molecule has 1 aromatic heterocycles. The molecule has 2 heterocycles. The lowest BCUT2D eigenvalue weighted by atomic mass is 10.0. The van der Waals surface area contributed by atoms with E-state index in [0.717, 1.165) is 83.9 Å². The van der Waals surface area contributed by atoms with Crippen molar-refractivity contribution >= 4 is 44.3 Å². The normalized spacial score (nSPS) is 14.1. The summed E-state index contributed by atoms with van der Waals surface area (Å²) in [5, 5.41) is 4.49. The molecule has 4 rings (SSSR count). The van der Waals surface area contributed by atoms with Crippen molar-refractivity contribution in [2.24, 2.45) is 0 Å². The van der Waals surface area contributed by atoms with Crippen LogP contribution in [0, 0.1) is 20.8 Å². The van der Waals surface area contributed by atoms with Crippen LogP contribution >= 0.6 is 11.3 Å². The first-order valence-electron chi connectivity index (χ1n) is 11.5. The summed E-state index contributed by atoms with van der Waals surface area (Å²) >= 11 is 1.05. The highest BCUT2D eigenvalue weighted by molar-refractivity contribution is 7.92. The number of aryl methyl sites for hydroxylation is 2. The molecule has 1 fully saturated rings. The minimum absolute atomic E-state index is 0.0202. The van der Waals surface area contributed by atoms with Crippen molar-refractivity contribution in [1.29, 1.82) is 0 Å². The number of nitrogens with one attached hydrogen (secondary N) is 2. The van der Waals surface area contributed by atoms with Crippen LogP contribution < -0.4 is 19.7 Å².